The van der Waals surface area contributed by atoms with Crippen LogP contribution in [0.4, 0.5) is 5.69 Å². The number of hydrogen-bond acceptors (Lipinski definition) is 4. The lowest BCUT2D eigenvalue weighted by Crippen LogP contribution is -2.27. The second-order valence-electron chi connectivity index (χ2n) is 8.90. The molecule has 0 bridgehead atoms. The van der Waals surface area contributed by atoms with Gasteiger partial charge in [0, 0.05) is 36.6 Å². The Morgan fingerprint density at radius 3 is 2.52 bits per heavy atom. The highest BCUT2D eigenvalue weighted by molar-refractivity contribution is 5.96. The number of rotatable bonds is 7. The third-order valence-electron chi connectivity index (χ3n) is 5.22. The minimum atomic E-state index is -0.199. The third-order valence-corrected chi connectivity index (χ3v) is 5.22. The summed E-state index contributed by atoms with van der Waals surface area (Å²) in [6, 6.07) is 11.3. The van der Waals surface area contributed by atoms with Crippen molar-refractivity contribution >= 4 is 17.5 Å². The van der Waals surface area contributed by atoms with E-state index in [1.807, 2.05) is 50.2 Å². The molecule has 1 heterocycles. The molecule has 0 fully saturated rings. The molecular formula is C25H32N2O4. The summed E-state index contributed by atoms with van der Waals surface area (Å²) < 4.78 is 11.5. The Morgan fingerprint density at radius 2 is 1.87 bits per heavy atom. The lowest BCUT2D eigenvalue weighted by Gasteiger charge is -2.19. The number of hydrogen-bond donors (Lipinski definition) is 2. The van der Waals surface area contributed by atoms with Gasteiger partial charge in [0.15, 0.2) is 0 Å². The molecule has 3 rings (SSSR count). The zero-order chi connectivity index (χ0) is 22.6. The number of amides is 2. The van der Waals surface area contributed by atoms with Crippen LogP contribution in [0.15, 0.2) is 36.4 Å². The molecule has 31 heavy (non-hydrogen) atoms. The first-order valence-corrected chi connectivity index (χ1v) is 10.8. The molecule has 2 amide bonds. The highest BCUT2D eigenvalue weighted by Crippen LogP contribution is 2.38. The highest BCUT2D eigenvalue weighted by atomic mass is 16.5. The SMILES string of the molecule is CCOc1cc2c(cc1NC(=O)CCNC(=O)c1ccc(C(C)(C)C)cc1)OC(C)C2. The molecule has 6 nitrogen and oxygen atoms in total. The fourth-order valence-corrected chi connectivity index (χ4v) is 3.54. The summed E-state index contributed by atoms with van der Waals surface area (Å²) in [5.41, 5.74) is 3.45. The maximum Gasteiger partial charge on any atom is 0.251 e. The Balaban J connectivity index is 1.55. The van der Waals surface area contributed by atoms with Gasteiger partial charge in [-0.05, 0) is 43.0 Å². The van der Waals surface area contributed by atoms with Crippen molar-refractivity contribution in [2.24, 2.45) is 0 Å². The smallest absolute Gasteiger partial charge is 0.251 e. The van der Waals surface area contributed by atoms with E-state index in [-0.39, 0.29) is 36.3 Å². The average Bonchev–Trinajstić information content (AvgIpc) is 3.06. The predicted molar refractivity (Wildman–Crippen MR) is 122 cm³/mol. The predicted octanol–water partition coefficient (Wildman–Crippen LogP) is 4.46. The summed E-state index contributed by atoms with van der Waals surface area (Å²) in [7, 11) is 0. The zero-order valence-corrected chi connectivity index (χ0v) is 19.0. The minimum absolute atomic E-state index is 0.0358. The lowest BCUT2D eigenvalue weighted by molar-refractivity contribution is -0.116. The van der Waals surface area contributed by atoms with Crippen LogP contribution in [-0.4, -0.2) is 31.1 Å². The van der Waals surface area contributed by atoms with Crippen LogP contribution in [0.3, 0.4) is 0 Å². The normalized spacial score (nSPS) is 15.1. The van der Waals surface area contributed by atoms with E-state index in [0.29, 0.717) is 23.6 Å². The van der Waals surface area contributed by atoms with Gasteiger partial charge in [0.05, 0.1) is 12.3 Å². The van der Waals surface area contributed by atoms with Crippen molar-refractivity contribution in [3.05, 3.63) is 53.1 Å². The molecule has 0 radical (unpaired) electrons. The number of anilines is 1. The monoisotopic (exact) mass is 424 g/mol. The van der Waals surface area contributed by atoms with Crippen LogP contribution in [0.1, 0.15) is 62.5 Å². The number of fused-ring (bicyclic) bond motifs is 1. The van der Waals surface area contributed by atoms with Crippen molar-refractivity contribution in [1.82, 2.24) is 5.32 Å². The molecule has 0 saturated carbocycles. The molecule has 166 valence electrons. The van der Waals surface area contributed by atoms with E-state index in [2.05, 4.69) is 31.4 Å². The largest absolute Gasteiger partial charge is 0.492 e. The fourth-order valence-electron chi connectivity index (χ4n) is 3.54. The third kappa shape index (κ3) is 5.78. The van der Waals surface area contributed by atoms with E-state index in [0.717, 1.165) is 17.7 Å². The Morgan fingerprint density at radius 1 is 1.16 bits per heavy atom. The van der Waals surface area contributed by atoms with Gasteiger partial charge in [0.1, 0.15) is 17.6 Å². The molecule has 6 heteroatoms. The molecule has 0 aliphatic carbocycles. The van der Waals surface area contributed by atoms with Crippen LogP contribution < -0.4 is 20.1 Å². The second kappa shape index (κ2) is 9.41. The maximum absolute atomic E-state index is 12.4. The van der Waals surface area contributed by atoms with E-state index < -0.39 is 0 Å². The van der Waals surface area contributed by atoms with Gasteiger partial charge in [0.25, 0.3) is 5.91 Å². The van der Waals surface area contributed by atoms with Crippen molar-refractivity contribution in [2.75, 3.05) is 18.5 Å². The number of ether oxygens (including phenoxy) is 2. The van der Waals surface area contributed by atoms with Gasteiger partial charge in [-0.25, -0.2) is 0 Å². The standard InChI is InChI=1S/C25H32N2O4/c1-6-30-22-14-18-13-16(2)31-21(18)15-20(22)27-23(28)11-12-26-24(29)17-7-9-19(10-8-17)25(3,4)5/h7-10,14-16H,6,11-13H2,1-5H3,(H,26,29)(H,27,28). The van der Waals surface area contributed by atoms with E-state index in [1.54, 1.807) is 0 Å². The zero-order valence-electron chi connectivity index (χ0n) is 19.0. The van der Waals surface area contributed by atoms with Crippen molar-refractivity contribution in [3.8, 4) is 11.5 Å². The molecule has 2 aromatic rings. The van der Waals surface area contributed by atoms with Crippen molar-refractivity contribution in [2.45, 2.75) is 59.0 Å². The molecule has 1 atom stereocenters. The molecule has 1 aliphatic heterocycles. The van der Waals surface area contributed by atoms with Crippen molar-refractivity contribution in [1.29, 1.82) is 0 Å². The Hall–Kier alpha value is -3.02. The number of carbonyl (C=O) groups excluding carboxylic acids is 2. The molecular weight excluding hydrogens is 392 g/mol. The first kappa shape index (κ1) is 22.7. The van der Waals surface area contributed by atoms with Crippen LogP contribution in [0.2, 0.25) is 0 Å². The van der Waals surface area contributed by atoms with Crippen LogP contribution >= 0.6 is 0 Å². The topological polar surface area (TPSA) is 76.7 Å². The summed E-state index contributed by atoms with van der Waals surface area (Å²) in [6.45, 7) is 11.1. The van der Waals surface area contributed by atoms with E-state index in [4.69, 9.17) is 9.47 Å². The first-order valence-electron chi connectivity index (χ1n) is 10.8. The Kier molecular flexibility index (Phi) is 6.88. The lowest BCUT2D eigenvalue weighted by atomic mass is 9.87. The maximum atomic E-state index is 12.4. The minimum Gasteiger partial charge on any atom is -0.492 e. The number of nitrogens with one attached hydrogen (secondary N) is 2. The van der Waals surface area contributed by atoms with Crippen LogP contribution in [0.25, 0.3) is 0 Å². The van der Waals surface area contributed by atoms with Crippen LogP contribution in [0.5, 0.6) is 11.5 Å². The van der Waals surface area contributed by atoms with Crippen molar-refractivity contribution < 1.29 is 19.1 Å². The fraction of sp³-hybridized carbons (Fsp3) is 0.440. The summed E-state index contributed by atoms with van der Waals surface area (Å²) in [6.07, 6.45) is 1.10. The Bertz CT molecular complexity index is 945. The molecule has 0 spiro atoms. The van der Waals surface area contributed by atoms with Gasteiger partial charge >= 0.3 is 0 Å². The van der Waals surface area contributed by atoms with Gasteiger partial charge in [-0.1, -0.05) is 32.9 Å². The summed E-state index contributed by atoms with van der Waals surface area (Å²) in [4.78, 5) is 24.8. The van der Waals surface area contributed by atoms with Gasteiger partial charge in [-0.3, -0.25) is 9.59 Å². The van der Waals surface area contributed by atoms with Gasteiger partial charge in [0.2, 0.25) is 5.91 Å². The van der Waals surface area contributed by atoms with Gasteiger partial charge < -0.3 is 20.1 Å². The number of carbonyl (C=O) groups is 2. The van der Waals surface area contributed by atoms with E-state index >= 15 is 0 Å². The summed E-state index contributed by atoms with van der Waals surface area (Å²) in [5.74, 6) is 1.02. The quantitative estimate of drug-likeness (QED) is 0.688. The summed E-state index contributed by atoms with van der Waals surface area (Å²) in [5, 5.41) is 5.69. The molecule has 1 unspecified atom stereocenters. The molecule has 2 aromatic carbocycles. The van der Waals surface area contributed by atoms with Gasteiger partial charge in [-0.2, -0.15) is 0 Å². The highest BCUT2D eigenvalue weighted by Gasteiger charge is 2.22. The van der Waals surface area contributed by atoms with E-state index in [9.17, 15) is 9.59 Å². The van der Waals surface area contributed by atoms with E-state index in [1.165, 1.54) is 5.56 Å². The average molecular weight is 425 g/mol. The molecule has 2 N–H and O–H groups in total. The summed E-state index contributed by atoms with van der Waals surface area (Å²) >= 11 is 0. The first-order chi connectivity index (χ1) is 14.7. The van der Waals surface area contributed by atoms with Crippen LogP contribution in [0, 0.1) is 0 Å². The number of benzene rings is 2. The van der Waals surface area contributed by atoms with Crippen molar-refractivity contribution in [3.63, 3.8) is 0 Å². The molecule has 0 saturated heterocycles. The second-order valence-corrected chi connectivity index (χ2v) is 8.90. The van der Waals surface area contributed by atoms with Gasteiger partial charge in [-0.15, -0.1) is 0 Å². The molecule has 1 aliphatic rings. The Labute approximate surface area is 184 Å². The molecule has 0 aromatic heterocycles. The van der Waals surface area contributed by atoms with Crippen LogP contribution in [-0.2, 0) is 16.6 Å².